The lowest BCUT2D eigenvalue weighted by molar-refractivity contribution is 0.117. The van der Waals surface area contributed by atoms with E-state index in [2.05, 4.69) is 0 Å². The van der Waals surface area contributed by atoms with Gasteiger partial charge >= 0.3 is 0 Å². The molecular formula is C8H10Cl2O2. The van der Waals surface area contributed by atoms with Crippen molar-refractivity contribution in [3.8, 4) is 0 Å². The highest BCUT2D eigenvalue weighted by Gasteiger charge is 2.21. The summed E-state index contributed by atoms with van der Waals surface area (Å²) in [6.07, 6.45) is 2.13. The lowest BCUT2D eigenvalue weighted by atomic mass is 10.1. The molecule has 0 fully saturated rings. The second kappa shape index (κ2) is 4.17. The second-order valence-electron chi connectivity index (χ2n) is 2.43. The first-order valence-corrected chi connectivity index (χ1v) is 4.27. The summed E-state index contributed by atoms with van der Waals surface area (Å²) in [5.74, 6) is 0.716. The minimum Gasteiger partial charge on any atom is -0.499 e. The molecule has 1 rings (SSSR count). The molecule has 2 nitrogen and oxygen atoms in total. The Bertz CT molecular complexity index is 233. The van der Waals surface area contributed by atoms with Crippen LogP contribution in [0.1, 0.15) is 6.42 Å². The van der Waals surface area contributed by atoms with Gasteiger partial charge in [0.25, 0.3) is 0 Å². The predicted octanol–water partition coefficient (Wildman–Crippen LogP) is 2.62. The van der Waals surface area contributed by atoms with Gasteiger partial charge in [0.15, 0.2) is 0 Å². The number of halogens is 2. The van der Waals surface area contributed by atoms with Crippen LogP contribution < -0.4 is 0 Å². The maximum Gasteiger partial charge on any atom is 0.117 e. The van der Waals surface area contributed by atoms with Crippen molar-refractivity contribution in [1.29, 1.82) is 0 Å². The zero-order valence-electron chi connectivity index (χ0n) is 6.93. The van der Waals surface area contributed by atoms with E-state index in [1.807, 2.05) is 0 Å². The third-order valence-corrected chi connectivity index (χ3v) is 2.41. The van der Waals surface area contributed by atoms with E-state index in [4.69, 9.17) is 32.7 Å². The second-order valence-corrected chi connectivity index (χ2v) is 3.28. The Morgan fingerprint density at radius 1 is 1.42 bits per heavy atom. The first-order chi connectivity index (χ1) is 5.69. The summed E-state index contributed by atoms with van der Waals surface area (Å²) < 4.78 is 10.2. The molecule has 0 saturated carbocycles. The molecule has 68 valence electrons. The number of rotatable bonds is 2. The van der Waals surface area contributed by atoms with Crippen LogP contribution in [0.2, 0.25) is 0 Å². The summed E-state index contributed by atoms with van der Waals surface area (Å²) in [7, 11) is 3.19. The standard InChI is InChI=1S/C8H10Cl2O2/c1-11-7-4-8(12-2)6(10)3-5(7)9/h3,7H,4H2,1-2H3. The lowest BCUT2D eigenvalue weighted by Crippen LogP contribution is -2.16. The maximum atomic E-state index is 5.86. The zero-order chi connectivity index (χ0) is 9.14. The van der Waals surface area contributed by atoms with Crippen LogP contribution in [-0.2, 0) is 9.47 Å². The van der Waals surface area contributed by atoms with Crippen LogP contribution in [0.3, 0.4) is 0 Å². The van der Waals surface area contributed by atoms with Crippen molar-refractivity contribution in [3.05, 3.63) is 21.9 Å². The van der Waals surface area contributed by atoms with Gasteiger partial charge in [0.2, 0.25) is 0 Å². The summed E-state index contributed by atoms with van der Waals surface area (Å²) in [5.41, 5.74) is 0. The molecule has 0 amide bonds. The minimum absolute atomic E-state index is 0.121. The number of allylic oxidation sites excluding steroid dienone is 2. The molecule has 0 N–H and O–H groups in total. The molecule has 0 aromatic heterocycles. The van der Waals surface area contributed by atoms with Crippen LogP contribution in [0.25, 0.3) is 0 Å². The van der Waals surface area contributed by atoms with E-state index in [0.717, 1.165) is 0 Å². The van der Waals surface area contributed by atoms with Crippen molar-refractivity contribution in [3.63, 3.8) is 0 Å². The van der Waals surface area contributed by atoms with Gasteiger partial charge in [0.05, 0.1) is 18.2 Å². The molecular weight excluding hydrogens is 199 g/mol. The molecule has 0 aliphatic heterocycles. The fourth-order valence-corrected chi connectivity index (χ4v) is 1.64. The lowest BCUT2D eigenvalue weighted by Gasteiger charge is -2.20. The molecule has 0 aromatic rings. The summed E-state index contributed by atoms with van der Waals surface area (Å²) in [4.78, 5) is 0. The number of hydrogen-bond donors (Lipinski definition) is 0. The summed E-state index contributed by atoms with van der Waals surface area (Å²) in [6, 6.07) is 0. The van der Waals surface area contributed by atoms with Gasteiger partial charge < -0.3 is 9.47 Å². The van der Waals surface area contributed by atoms with Crippen molar-refractivity contribution in [2.24, 2.45) is 0 Å². The molecule has 4 heteroatoms. The normalized spacial score (nSPS) is 24.0. The van der Waals surface area contributed by atoms with Crippen molar-refractivity contribution >= 4 is 23.2 Å². The fourth-order valence-electron chi connectivity index (χ4n) is 1.03. The molecule has 0 saturated heterocycles. The van der Waals surface area contributed by atoms with E-state index in [1.165, 1.54) is 0 Å². The van der Waals surface area contributed by atoms with Crippen LogP contribution in [0.5, 0.6) is 0 Å². The van der Waals surface area contributed by atoms with Gasteiger partial charge in [-0.3, -0.25) is 0 Å². The van der Waals surface area contributed by atoms with Gasteiger partial charge in [-0.25, -0.2) is 0 Å². The van der Waals surface area contributed by atoms with E-state index in [-0.39, 0.29) is 6.10 Å². The third-order valence-electron chi connectivity index (χ3n) is 1.74. The number of ether oxygens (including phenoxy) is 2. The molecule has 0 aromatic carbocycles. The molecule has 1 aliphatic rings. The molecule has 1 unspecified atom stereocenters. The third kappa shape index (κ3) is 1.94. The molecule has 1 atom stereocenters. The largest absolute Gasteiger partial charge is 0.499 e. The van der Waals surface area contributed by atoms with E-state index in [0.29, 0.717) is 22.2 Å². The van der Waals surface area contributed by atoms with Gasteiger partial charge in [-0.2, -0.15) is 0 Å². The van der Waals surface area contributed by atoms with Gasteiger partial charge in [-0.05, 0) is 6.08 Å². The molecule has 0 heterocycles. The Morgan fingerprint density at radius 3 is 2.58 bits per heavy atom. The average Bonchev–Trinajstić information content (AvgIpc) is 2.05. The van der Waals surface area contributed by atoms with E-state index in [9.17, 15) is 0 Å². The highest BCUT2D eigenvalue weighted by Crippen LogP contribution is 2.30. The Morgan fingerprint density at radius 2 is 2.08 bits per heavy atom. The summed E-state index contributed by atoms with van der Waals surface area (Å²) in [6.45, 7) is 0. The number of methoxy groups -OCH3 is 2. The Balaban J connectivity index is 2.83. The monoisotopic (exact) mass is 208 g/mol. The Labute approximate surface area is 81.7 Å². The van der Waals surface area contributed by atoms with E-state index < -0.39 is 0 Å². The molecule has 12 heavy (non-hydrogen) atoms. The maximum absolute atomic E-state index is 5.86. The van der Waals surface area contributed by atoms with E-state index >= 15 is 0 Å². The zero-order valence-corrected chi connectivity index (χ0v) is 8.45. The minimum atomic E-state index is -0.121. The van der Waals surface area contributed by atoms with Crippen LogP contribution >= 0.6 is 23.2 Å². The smallest absolute Gasteiger partial charge is 0.117 e. The van der Waals surface area contributed by atoms with Crippen LogP contribution in [0.4, 0.5) is 0 Å². The number of hydrogen-bond acceptors (Lipinski definition) is 2. The molecule has 0 spiro atoms. The highest BCUT2D eigenvalue weighted by molar-refractivity contribution is 6.35. The van der Waals surface area contributed by atoms with Crippen molar-refractivity contribution in [2.45, 2.75) is 12.5 Å². The molecule has 0 bridgehead atoms. The SMILES string of the molecule is COC1=C(Cl)C=C(Cl)C(OC)C1. The average molecular weight is 209 g/mol. The van der Waals surface area contributed by atoms with Gasteiger partial charge in [-0.1, -0.05) is 23.2 Å². The first kappa shape index (κ1) is 9.90. The Hall–Kier alpha value is -0.180. The van der Waals surface area contributed by atoms with Gasteiger partial charge in [-0.15, -0.1) is 0 Å². The van der Waals surface area contributed by atoms with Crippen molar-refractivity contribution in [2.75, 3.05) is 14.2 Å². The van der Waals surface area contributed by atoms with Gasteiger partial charge in [0, 0.05) is 18.6 Å². The van der Waals surface area contributed by atoms with Crippen molar-refractivity contribution < 1.29 is 9.47 Å². The Kier molecular flexibility index (Phi) is 3.44. The summed E-state index contributed by atoms with van der Waals surface area (Å²) >= 11 is 11.7. The van der Waals surface area contributed by atoms with Crippen LogP contribution in [-0.4, -0.2) is 20.3 Å². The van der Waals surface area contributed by atoms with Gasteiger partial charge in [0.1, 0.15) is 5.76 Å². The molecule has 1 aliphatic carbocycles. The van der Waals surface area contributed by atoms with Crippen LogP contribution in [0, 0.1) is 0 Å². The van der Waals surface area contributed by atoms with Crippen LogP contribution in [0.15, 0.2) is 21.9 Å². The highest BCUT2D eigenvalue weighted by atomic mass is 35.5. The van der Waals surface area contributed by atoms with Crippen molar-refractivity contribution in [1.82, 2.24) is 0 Å². The van der Waals surface area contributed by atoms with E-state index in [1.54, 1.807) is 20.3 Å². The molecule has 0 radical (unpaired) electrons. The quantitative estimate of drug-likeness (QED) is 0.695. The fraction of sp³-hybridized carbons (Fsp3) is 0.500. The summed E-state index contributed by atoms with van der Waals surface area (Å²) in [5, 5.41) is 1.17. The first-order valence-electron chi connectivity index (χ1n) is 3.51. The topological polar surface area (TPSA) is 18.5 Å². The predicted molar refractivity (Wildman–Crippen MR) is 49.2 cm³/mol.